The van der Waals surface area contributed by atoms with Crippen LogP contribution >= 0.6 is 0 Å². The molecule has 4 heteroatoms. The molecule has 0 aromatic heterocycles. The van der Waals surface area contributed by atoms with Crippen molar-refractivity contribution in [3.63, 3.8) is 0 Å². The summed E-state index contributed by atoms with van der Waals surface area (Å²) in [6.45, 7) is 14.7. The van der Waals surface area contributed by atoms with E-state index in [0.29, 0.717) is 13.2 Å². The van der Waals surface area contributed by atoms with E-state index in [0.717, 1.165) is 13.0 Å². The Kier molecular flexibility index (Phi) is 15.8. The Morgan fingerprint density at radius 1 is 1.11 bits per heavy atom. The lowest BCUT2D eigenvalue weighted by atomic mass is 10.3. The van der Waals surface area contributed by atoms with Gasteiger partial charge in [-0.25, -0.2) is 0 Å². The highest BCUT2D eigenvalue weighted by Gasteiger charge is 2.15. The van der Waals surface area contributed by atoms with Crippen LogP contribution in [0.4, 0.5) is 0 Å². The van der Waals surface area contributed by atoms with Crippen LogP contribution in [0.1, 0.15) is 41.0 Å². The van der Waals surface area contributed by atoms with E-state index in [1.807, 2.05) is 34.6 Å². The Hall–Kier alpha value is -0.610. The summed E-state index contributed by atoms with van der Waals surface area (Å²) in [5, 5.41) is 0. The SMILES string of the molecule is CC.CC.CC1COCCN1C=O.CN1CCC1. The Morgan fingerprint density at radius 2 is 1.61 bits per heavy atom. The first-order chi connectivity index (χ1) is 8.74. The van der Waals surface area contributed by atoms with Crippen LogP contribution in [0.3, 0.4) is 0 Å². The molecule has 2 aliphatic heterocycles. The van der Waals surface area contributed by atoms with Crippen LogP contribution in [-0.2, 0) is 9.53 Å². The van der Waals surface area contributed by atoms with Crippen LogP contribution in [0.15, 0.2) is 0 Å². The molecule has 2 saturated heterocycles. The summed E-state index contributed by atoms with van der Waals surface area (Å²) in [4.78, 5) is 14.3. The van der Waals surface area contributed by atoms with Crippen molar-refractivity contribution in [3.05, 3.63) is 0 Å². The van der Waals surface area contributed by atoms with Crippen molar-refractivity contribution in [1.29, 1.82) is 0 Å². The second kappa shape index (κ2) is 14.5. The number of rotatable bonds is 1. The zero-order valence-corrected chi connectivity index (χ0v) is 13.1. The van der Waals surface area contributed by atoms with Gasteiger partial charge in [0.1, 0.15) is 0 Å². The van der Waals surface area contributed by atoms with Crippen LogP contribution in [0, 0.1) is 0 Å². The topological polar surface area (TPSA) is 32.8 Å². The van der Waals surface area contributed by atoms with E-state index in [9.17, 15) is 4.79 Å². The lowest BCUT2D eigenvalue weighted by molar-refractivity contribution is -0.125. The monoisotopic (exact) mass is 260 g/mol. The van der Waals surface area contributed by atoms with E-state index in [2.05, 4.69) is 11.9 Å². The molecule has 2 heterocycles. The molecule has 0 N–H and O–H groups in total. The molecule has 0 bridgehead atoms. The second-order valence-corrected chi connectivity index (χ2v) is 3.92. The average molecular weight is 260 g/mol. The average Bonchev–Trinajstić information content (AvgIpc) is 2.42. The Labute approximate surface area is 113 Å². The minimum absolute atomic E-state index is 0.260. The van der Waals surface area contributed by atoms with Crippen molar-refractivity contribution in [1.82, 2.24) is 9.80 Å². The second-order valence-electron chi connectivity index (χ2n) is 3.92. The normalized spacial score (nSPS) is 21.9. The minimum atomic E-state index is 0.260. The number of carbonyl (C=O) groups is 1. The molecule has 0 aliphatic carbocycles. The highest BCUT2D eigenvalue weighted by molar-refractivity contribution is 5.47. The van der Waals surface area contributed by atoms with Gasteiger partial charge >= 0.3 is 0 Å². The van der Waals surface area contributed by atoms with Gasteiger partial charge in [-0.1, -0.05) is 27.7 Å². The first-order valence-electron chi connectivity index (χ1n) is 7.21. The molecule has 18 heavy (non-hydrogen) atoms. The molecule has 2 aliphatic rings. The van der Waals surface area contributed by atoms with E-state index < -0.39 is 0 Å². The fourth-order valence-electron chi connectivity index (χ4n) is 1.37. The number of hydrogen-bond donors (Lipinski definition) is 0. The standard InChI is InChI=1S/C6H11NO2.C4H9N.2C2H6/c1-6-4-9-3-2-7(6)5-8;1-5-3-2-4-5;2*1-2/h5-6H,2-4H2,1H3;2-4H2,1H3;2*1-2H3. The molecule has 2 fully saturated rings. The third kappa shape index (κ3) is 9.42. The summed E-state index contributed by atoms with van der Waals surface area (Å²) < 4.78 is 5.11. The van der Waals surface area contributed by atoms with Gasteiger partial charge in [0.05, 0.1) is 19.3 Å². The van der Waals surface area contributed by atoms with Gasteiger partial charge in [-0.15, -0.1) is 0 Å². The fourth-order valence-corrected chi connectivity index (χ4v) is 1.37. The van der Waals surface area contributed by atoms with E-state index >= 15 is 0 Å². The van der Waals surface area contributed by atoms with Gasteiger partial charge in [-0.05, 0) is 33.5 Å². The number of amides is 1. The zero-order chi connectivity index (χ0) is 14.4. The van der Waals surface area contributed by atoms with Gasteiger partial charge in [0.2, 0.25) is 6.41 Å². The quantitative estimate of drug-likeness (QED) is 0.678. The number of carbonyl (C=O) groups excluding carboxylic acids is 1. The maximum atomic E-state index is 10.2. The van der Waals surface area contributed by atoms with Crippen molar-refractivity contribution in [2.45, 2.75) is 47.1 Å². The molecule has 1 amide bonds. The van der Waals surface area contributed by atoms with Gasteiger partial charge < -0.3 is 14.5 Å². The Morgan fingerprint density at radius 3 is 1.83 bits per heavy atom. The summed E-state index contributed by atoms with van der Waals surface area (Å²) in [6, 6.07) is 0.260. The third-order valence-electron chi connectivity index (χ3n) is 2.63. The van der Waals surface area contributed by atoms with Crippen molar-refractivity contribution < 1.29 is 9.53 Å². The van der Waals surface area contributed by atoms with Crippen molar-refractivity contribution >= 4 is 6.41 Å². The molecule has 0 radical (unpaired) electrons. The predicted molar refractivity (Wildman–Crippen MR) is 77.9 cm³/mol. The van der Waals surface area contributed by atoms with Gasteiger partial charge in [-0.2, -0.15) is 0 Å². The van der Waals surface area contributed by atoms with Gasteiger partial charge in [0.15, 0.2) is 0 Å². The largest absolute Gasteiger partial charge is 0.377 e. The van der Waals surface area contributed by atoms with Gasteiger partial charge in [0.25, 0.3) is 0 Å². The molecule has 2 rings (SSSR count). The highest BCUT2D eigenvalue weighted by atomic mass is 16.5. The molecule has 1 unspecified atom stereocenters. The zero-order valence-electron chi connectivity index (χ0n) is 13.1. The number of nitrogens with zero attached hydrogens (tertiary/aromatic N) is 2. The number of hydrogen-bond acceptors (Lipinski definition) is 3. The van der Waals surface area contributed by atoms with E-state index in [-0.39, 0.29) is 6.04 Å². The van der Waals surface area contributed by atoms with Crippen molar-refractivity contribution in [2.75, 3.05) is 39.9 Å². The molecule has 0 aromatic rings. The van der Waals surface area contributed by atoms with Gasteiger partial charge in [0, 0.05) is 6.54 Å². The lowest BCUT2D eigenvalue weighted by Gasteiger charge is -2.29. The summed E-state index contributed by atoms with van der Waals surface area (Å²) >= 11 is 0. The van der Waals surface area contributed by atoms with Crippen LogP contribution in [-0.4, -0.2) is 62.1 Å². The first kappa shape index (κ1) is 19.7. The predicted octanol–water partition coefficient (Wildman–Crippen LogP) is 2.24. The molecule has 4 nitrogen and oxygen atoms in total. The summed E-state index contributed by atoms with van der Waals surface area (Å²) in [6.07, 6.45) is 2.30. The Bertz CT molecular complexity index is 173. The maximum Gasteiger partial charge on any atom is 0.210 e. The first-order valence-corrected chi connectivity index (χ1v) is 7.21. The Balaban J connectivity index is 0. The molecule has 1 atom stereocenters. The van der Waals surface area contributed by atoms with Crippen LogP contribution < -0.4 is 0 Å². The maximum absolute atomic E-state index is 10.2. The van der Waals surface area contributed by atoms with Crippen LogP contribution in [0.25, 0.3) is 0 Å². The van der Waals surface area contributed by atoms with E-state index in [1.165, 1.54) is 19.5 Å². The van der Waals surface area contributed by atoms with E-state index in [1.54, 1.807) is 4.90 Å². The smallest absolute Gasteiger partial charge is 0.210 e. The molecular formula is C14H32N2O2. The van der Waals surface area contributed by atoms with Gasteiger partial charge in [-0.3, -0.25) is 4.79 Å². The van der Waals surface area contributed by atoms with Crippen molar-refractivity contribution in [3.8, 4) is 0 Å². The molecule has 0 spiro atoms. The lowest BCUT2D eigenvalue weighted by Crippen LogP contribution is -2.42. The summed E-state index contributed by atoms with van der Waals surface area (Å²) in [7, 11) is 2.14. The third-order valence-corrected chi connectivity index (χ3v) is 2.63. The summed E-state index contributed by atoms with van der Waals surface area (Å²) in [5.41, 5.74) is 0. The fraction of sp³-hybridized carbons (Fsp3) is 0.929. The molecule has 0 saturated carbocycles. The van der Waals surface area contributed by atoms with Crippen LogP contribution in [0.2, 0.25) is 0 Å². The van der Waals surface area contributed by atoms with Crippen LogP contribution in [0.5, 0.6) is 0 Å². The molecule has 0 aromatic carbocycles. The summed E-state index contributed by atoms with van der Waals surface area (Å²) in [5.74, 6) is 0. The number of morpholine rings is 1. The molecular weight excluding hydrogens is 228 g/mol. The van der Waals surface area contributed by atoms with E-state index in [4.69, 9.17) is 4.74 Å². The highest BCUT2D eigenvalue weighted by Crippen LogP contribution is 2.01. The van der Waals surface area contributed by atoms with Crippen molar-refractivity contribution in [2.24, 2.45) is 0 Å². The number of ether oxygens (including phenoxy) is 1. The molecule has 110 valence electrons. The number of likely N-dealkylation sites (tertiary alicyclic amines) is 1. The minimum Gasteiger partial charge on any atom is -0.377 e.